The molecule has 0 spiro atoms. The van der Waals surface area contributed by atoms with E-state index in [0.29, 0.717) is 33.0 Å². The minimum atomic E-state index is -0.466. The molecule has 2 fully saturated rings. The molecule has 6 nitrogen and oxygen atoms in total. The second-order valence-corrected chi connectivity index (χ2v) is 7.31. The molecule has 0 aliphatic carbocycles. The van der Waals surface area contributed by atoms with Crippen molar-refractivity contribution < 1.29 is 19.0 Å². The second-order valence-electron chi connectivity index (χ2n) is 7.31. The highest BCUT2D eigenvalue weighted by Gasteiger charge is 2.36. The van der Waals surface area contributed by atoms with E-state index in [2.05, 4.69) is 17.4 Å². The van der Waals surface area contributed by atoms with E-state index >= 15 is 0 Å². The number of amides is 1. The first-order chi connectivity index (χ1) is 12.6. The fourth-order valence-electron chi connectivity index (χ4n) is 3.94. The molecule has 2 aliphatic rings. The lowest BCUT2D eigenvalue weighted by molar-refractivity contribution is -0.124. The van der Waals surface area contributed by atoms with Gasteiger partial charge < -0.3 is 25.3 Å². The van der Waals surface area contributed by atoms with Crippen LogP contribution < -0.4 is 15.8 Å². The van der Waals surface area contributed by atoms with E-state index in [1.165, 1.54) is 5.56 Å². The molecule has 0 radical (unpaired) electrons. The van der Waals surface area contributed by atoms with Crippen molar-refractivity contribution in [3.8, 4) is 5.75 Å². The van der Waals surface area contributed by atoms with Crippen LogP contribution in [0.1, 0.15) is 31.2 Å². The predicted molar refractivity (Wildman–Crippen MR) is 107 cm³/mol. The van der Waals surface area contributed by atoms with Gasteiger partial charge in [0.15, 0.2) is 0 Å². The summed E-state index contributed by atoms with van der Waals surface area (Å²) in [6.07, 6.45) is 3.47. The third kappa shape index (κ3) is 5.35. The minimum Gasteiger partial charge on any atom is -0.497 e. The number of halogens is 1. The van der Waals surface area contributed by atoms with E-state index in [1.54, 1.807) is 7.11 Å². The minimum absolute atomic E-state index is 0. The second kappa shape index (κ2) is 10.3. The van der Waals surface area contributed by atoms with Gasteiger partial charge in [0.1, 0.15) is 5.75 Å². The van der Waals surface area contributed by atoms with Crippen LogP contribution in [-0.2, 0) is 19.7 Å². The van der Waals surface area contributed by atoms with E-state index in [-0.39, 0.29) is 29.6 Å². The van der Waals surface area contributed by atoms with Crippen LogP contribution in [0.2, 0.25) is 0 Å². The fourth-order valence-corrected chi connectivity index (χ4v) is 3.94. The molecule has 2 saturated heterocycles. The van der Waals surface area contributed by atoms with Gasteiger partial charge in [-0.2, -0.15) is 0 Å². The first kappa shape index (κ1) is 22.0. The van der Waals surface area contributed by atoms with Gasteiger partial charge in [-0.1, -0.05) is 12.1 Å². The Balaban J connectivity index is 0.00000261. The summed E-state index contributed by atoms with van der Waals surface area (Å²) in [6.45, 7) is 3.37. The summed E-state index contributed by atoms with van der Waals surface area (Å²) in [6, 6.07) is 7.67. The molecule has 27 heavy (non-hydrogen) atoms. The smallest absolute Gasteiger partial charge is 0.237 e. The molecule has 0 bridgehead atoms. The Labute approximate surface area is 167 Å². The average molecular weight is 399 g/mol. The maximum Gasteiger partial charge on any atom is 0.237 e. The molecular formula is C20H31ClN2O4. The van der Waals surface area contributed by atoms with Gasteiger partial charge >= 0.3 is 0 Å². The molecule has 3 rings (SSSR count). The fraction of sp³-hybridized carbons (Fsp3) is 0.650. The number of methoxy groups -OCH3 is 1. The van der Waals surface area contributed by atoms with Crippen molar-refractivity contribution >= 4 is 18.3 Å². The molecule has 152 valence electrons. The lowest BCUT2D eigenvalue weighted by Crippen LogP contribution is -2.51. The van der Waals surface area contributed by atoms with Gasteiger partial charge in [0, 0.05) is 38.4 Å². The first-order valence-corrected chi connectivity index (χ1v) is 9.48. The van der Waals surface area contributed by atoms with Crippen molar-refractivity contribution in [3.63, 3.8) is 0 Å². The summed E-state index contributed by atoms with van der Waals surface area (Å²) in [7, 11) is 1.66. The largest absolute Gasteiger partial charge is 0.497 e. The Morgan fingerprint density at radius 2 is 1.78 bits per heavy atom. The van der Waals surface area contributed by atoms with Crippen molar-refractivity contribution in [1.29, 1.82) is 0 Å². The SMILES string of the molecule is COc1ccc(C2(CNC(=O)C(N)C3CCOCC3)CCOCC2)cc1.Cl. The van der Waals surface area contributed by atoms with Gasteiger partial charge in [0.2, 0.25) is 5.91 Å². The third-order valence-electron chi connectivity index (χ3n) is 5.83. The van der Waals surface area contributed by atoms with E-state index in [4.69, 9.17) is 19.9 Å². The average Bonchev–Trinajstić information content (AvgIpc) is 2.73. The third-order valence-corrected chi connectivity index (χ3v) is 5.83. The van der Waals surface area contributed by atoms with Crippen LogP contribution in [0.25, 0.3) is 0 Å². The number of ether oxygens (including phenoxy) is 3. The van der Waals surface area contributed by atoms with Crippen molar-refractivity contribution in [2.45, 2.75) is 37.1 Å². The zero-order valence-corrected chi connectivity index (χ0v) is 16.8. The number of nitrogens with two attached hydrogens (primary N) is 1. The number of carbonyl (C=O) groups is 1. The highest BCUT2D eigenvalue weighted by Crippen LogP contribution is 2.35. The van der Waals surface area contributed by atoms with Gasteiger partial charge in [-0.05, 0) is 49.3 Å². The van der Waals surface area contributed by atoms with E-state index < -0.39 is 6.04 Å². The van der Waals surface area contributed by atoms with Crippen LogP contribution in [-0.4, -0.2) is 52.0 Å². The molecule has 1 unspecified atom stereocenters. The molecule has 7 heteroatoms. The van der Waals surface area contributed by atoms with Crippen molar-refractivity contribution in [2.24, 2.45) is 11.7 Å². The Kier molecular flexibility index (Phi) is 8.35. The number of benzene rings is 1. The molecule has 1 aromatic carbocycles. The topological polar surface area (TPSA) is 82.8 Å². The zero-order chi connectivity index (χ0) is 18.4. The molecule has 0 saturated carbocycles. The standard InChI is InChI=1S/C20H30N2O4.ClH/c1-24-17-4-2-16(3-5-17)20(8-12-26-13-9-20)14-22-19(23)18(21)15-6-10-25-11-7-15;/h2-5,15,18H,6-14,21H2,1H3,(H,22,23);1H. The van der Waals surface area contributed by atoms with Crippen molar-refractivity contribution in [1.82, 2.24) is 5.32 Å². The van der Waals surface area contributed by atoms with Crippen molar-refractivity contribution in [2.75, 3.05) is 40.1 Å². The van der Waals surface area contributed by atoms with Crippen LogP contribution in [0.3, 0.4) is 0 Å². The summed E-state index contributed by atoms with van der Waals surface area (Å²) in [5.74, 6) is 0.980. The van der Waals surface area contributed by atoms with E-state index in [0.717, 1.165) is 31.4 Å². The van der Waals surface area contributed by atoms with E-state index in [1.807, 2.05) is 12.1 Å². The van der Waals surface area contributed by atoms with Crippen LogP contribution in [0, 0.1) is 5.92 Å². The number of hydrogen-bond donors (Lipinski definition) is 2. The zero-order valence-electron chi connectivity index (χ0n) is 15.9. The summed E-state index contributed by atoms with van der Waals surface area (Å²) in [5.41, 5.74) is 7.31. The first-order valence-electron chi connectivity index (χ1n) is 9.48. The number of carbonyl (C=O) groups excluding carboxylic acids is 1. The van der Waals surface area contributed by atoms with Gasteiger partial charge in [-0.25, -0.2) is 0 Å². The molecule has 3 N–H and O–H groups in total. The maximum atomic E-state index is 12.6. The highest BCUT2D eigenvalue weighted by atomic mass is 35.5. The lowest BCUT2D eigenvalue weighted by Gasteiger charge is -2.38. The monoisotopic (exact) mass is 398 g/mol. The Morgan fingerprint density at radius 3 is 2.37 bits per heavy atom. The quantitative estimate of drug-likeness (QED) is 0.766. The Hall–Kier alpha value is -1.34. The van der Waals surface area contributed by atoms with Crippen LogP contribution >= 0.6 is 12.4 Å². The summed E-state index contributed by atoms with van der Waals surface area (Å²) < 4.78 is 16.2. The van der Waals surface area contributed by atoms with Crippen LogP contribution in [0.15, 0.2) is 24.3 Å². The number of rotatable bonds is 6. The molecular weight excluding hydrogens is 368 g/mol. The predicted octanol–water partition coefficient (Wildman–Crippen LogP) is 2.04. The number of hydrogen-bond acceptors (Lipinski definition) is 5. The van der Waals surface area contributed by atoms with E-state index in [9.17, 15) is 4.79 Å². The van der Waals surface area contributed by atoms with Gasteiger partial charge in [0.25, 0.3) is 0 Å². The van der Waals surface area contributed by atoms with Gasteiger partial charge in [-0.3, -0.25) is 4.79 Å². The summed E-state index contributed by atoms with van der Waals surface area (Å²) in [4.78, 5) is 12.6. The van der Waals surface area contributed by atoms with Gasteiger partial charge in [0.05, 0.1) is 13.2 Å². The molecule has 2 heterocycles. The molecule has 2 aliphatic heterocycles. The Morgan fingerprint density at radius 1 is 1.19 bits per heavy atom. The van der Waals surface area contributed by atoms with Crippen molar-refractivity contribution in [3.05, 3.63) is 29.8 Å². The summed E-state index contributed by atoms with van der Waals surface area (Å²) >= 11 is 0. The molecule has 1 aromatic rings. The Bertz CT molecular complexity index is 584. The maximum absolute atomic E-state index is 12.6. The highest BCUT2D eigenvalue weighted by molar-refractivity contribution is 5.85. The van der Waals surface area contributed by atoms with Crippen LogP contribution in [0.4, 0.5) is 0 Å². The van der Waals surface area contributed by atoms with Crippen LogP contribution in [0.5, 0.6) is 5.75 Å². The van der Waals surface area contributed by atoms with Gasteiger partial charge in [-0.15, -0.1) is 12.4 Å². The number of nitrogens with one attached hydrogen (secondary N) is 1. The molecule has 1 atom stereocenters. The molecule has 1 amide bonds. The summed E-state index contributed by atoms with van der Waals surface area (Å²) in [5, 5.41) is 3.13. The normalized spacial score (nSPS) is 21.0. The molecule has 0 aromatic heterocycles. The lowest BCUT2D eigenvalue weighted by atomic mass is 9.74.